The first kappa shape index (κ1) is 18.1. The van der Waals surface area contributed by atoms with Gasteiger partial charge >= 0.3 is 0 Å². The molecule has 1 N–H and O–H groups in total. The molecule has 3 aromatic heterocycles. The van der Waals surface area contributed by atoms with E-state index < -0.39 is 0 Å². The number of rotatable bonds is 5. The summed E-state index contributed by atoms with van der Waals surface area (Å²) in [5.41, 5.74) is 4.92. The highest BCUT2D eigenvalue weighted by Gasteiger charge is 2.40. The summed E-state index contributed by atoms with van der Waals surface area (Å²) in [7, 11) is 4.32. The van der Waals surface area contributed by atoms with Gasteiger partial charge in [0.05, 0.1) is 17.7 Å². The molecule has 1 aromatic carbocycles. The summed E-state index contributed by atoms with van der Waals surface area (Å²) in [5.74, 6) is -0.243. The number of nitrogens with zero attached hydrogens (tertiary/aromatic N) is 4. The normalized spacial score (nSPS) is 15.7. The van der Waals surface area contributed by atoms with Gasteiger partial charge in [-0.15, -0.1) is 0 Å². The van der Waals surface area contributed by atoms with Gasteiger partial charge in [0.25, 0.3) is 0 Å². The number of hydrogen-bond donors (Lipinski definition) is 1. The molecule has 0 bridgehead atoms. The highest BCUT2D eigenvalue weighted by atomic mass is 19.1. The third-order valence-corrected chi connectivity index (χ3v) is 6.37. The molecule has 5 rings (SSSR count). The zero-order valence-electron chi connectivity index (χ0n) is 16.7. The molecule has 0 spiro atoms. The number of pyridine rings is 1. The lowest BCUT2D eigenvalue weighted by Crippen LogP contribution is -2.53. The predicted molar refractivity (Wildman–Crippen MR) is 113 cm³/mol. The van der Waals surface area contributed by atoms with Gasteiger partial charge in [0.1, 0.15) is 11.5 Å². The van der Waals surface area contributed by atoms with Crippen LogP contribution in [0.5, 0.6) is 0 Å². The van der Waals surface area contributed by atoms with Crippen molar-refractivity contribution in [3.8, 4) is 22.5 Å². The molecule has 0 aliphatic heterocycles. The van der Waals surface area contributed by atoms with Gasteiger partial charge in [-0.05, 0) is 69.8 Å². The first-order valence-corrected chi connectivity index (χ1v) is 9.98. The van der Waals surface area contributed by atoms with Crippen LogP contribution in [-0.2, 0) is 6.54 Å². The fourth-order valence-corrected chi connectivity index (χ4v) is 4.42. The smallest absolute Gasteiger partial charge is 0.137 e. The van der Waals surface area contributed by atoms with E-state index in [1.165, 1.54) is 31.4 Å². The van der Waals surface area contributed by atoms with Gasteiger partial charge in [-0.3, -0.25) is 0 Å². The second kappa shape index (κ2) is 6.81. The van der Waals surface area contributed by atoms with E-state index in [1.807, 2.05) is 24.8 Å². The lowest BCUT2D eigenvalue weighted by Gasteiger charge is -2.47. The van der Waals surface area contributed by atoms with E-state index in [4.69, 9.17) is 4.98 Å². The summed E-state index contributed by atoms with van der Waals surface area (Å²) in [4.78, 5) is 14.8. The number of likely N-dealkylation sites (N-methyl/N-ethyl adjacent to an activating group) is 1. The summed E-state index contributed by atoms with van der Waals surface area (Å²) >= 11 is 0. The van der Waals surface area contributed by atoms with Crippen LogP contribution in [0.1, 0.15) is 19.3 Å². The lowest BCUT2D eigenvalue weighted by atomic mass is 9.75. The molecule has 6 heteroatoms. The largest absolute Gasteiger partial charge is 0.346 e. The van der Waals surface area contributed by atoms with Crippen molar-refractivity contribution in [1.29, 1.82) is 0 Å². The molecule has 1 aliphatic carbocycles. The van der Waals surface area contributed by atoms with Crippen molar-refractivity contribution in [3.63, 3.8) is 0 Å². The minimum absolute atomic E-state index is 0.153. The van der Waals surface area contributed by atoms with Gasteiger partial charge in [0.15, 0.2) is 0 Å². The molecular formula is C23H24FN5. The van der Waals surface area contributed by atoms with Gasteiger partial charge in [-0.1, -0.05) is 0 Å². The van der Waals surface area contributed by atoms with Crippen LogP contribution in [-0.4, -0.2) is 44.1 Å². The molecular weight excluding hydrogens is 365 g/mol. The Balaban J connectivity index is 1.70. The summed E-state index contributed by atoms with van der Waals surface area (Å²) in [6.45, 7) is 0.873. The molecule has 5 nitrogen and oxygen atoms in total. The van der Waals surface area contributed by atoms with Gasteiger partial charge < -0.3 is 14.5 Å². The van der Waals surface area contributed by atoms with Crippen LogP contribution in [0.4, 0.5) is 4.39 Å². The van der Waals surface area contributed by atoms with Crippen molar-refractivity contribution >= 4 is 11.0 Å². The summed E-state index contributed by atoms with van der Waals surface area (Å²) in [6.07, 6.45) is 9.28. The first-order valence-electron chi connectivity index (χ1n) is 9.98. The maximum atomic E-state index is 13.5. The fraction of sp³-hybridized carbons (Fsp3) is 0.304. The minimum Gasteiger partial charge on any atom is -0.346 e. The first-order chi connectivity index (χ1) is 14.1. The molecule has 0 radical (unpaired) electrons. The fourth-order valence-electron chi connectivity index (χ4n) is 4.42. The highest BCUT2D eigenvalue weighted by Crippen LogP contribution is 2.41. The number of benzene rings is 1. The van der Waals surface area contributed by atoms with Crippen LogP contribution in [0.3, 0.4) is 0 Å². The molecule has 1 aliphatic rings. The van der Waals surface area contributed by atoms with Crippen molar-refractivity contribution in [2.24, 2.45) is 0 Å². The summed E-state index contributed by atoms with van der Waals surface area (Å²) < 4.78 is 15.8. The molecule has 0 saturated heterocycles. The molecule has 0 unspecified atom stereocenters. The Morgan fingerprint density at radius 3 is 2.59 bits per heavy atom. The maximum Gasteiger partial charge on any atom is 0.137 e. The number of halogens is 1. The Hall–Kier alpha value is -2.99. The quantitative estimate of drug-likeness (QED) is 0.537. The molecule has 29 heavy (non-hydrogen) atoms. The van der Waals surface area contributed by atoms with E-state index in [9.17, 15) is 4.39 Å². The number of nitrogens with one attached hydrogen (secondary N) is 1. The summed E-state index contributed by atoms with van der Waals surface area (Å²) in [5, 5.41) is 1.06. The Bertz CT molecular complexity index is 1150. The van der Waals surface area contributed by atoms with Gasteiger partial charge in [0.2, 0.25) is 0 Å². The third-order valence-electron chi connectivity index (χ3n) is 6.37. The molecule has 4 aromatic rings. The standard InChI is InChI=1S/C23H24FN5/c1-28(2)23(10-3-11-23)14-29-15-27-20(16-4-6-17(24)7-5-16)21(29)18-8-12-25-22-19(18)9-13-26-22/h4-9,12-13,15H,3,10-11,14H2,1-2H3,(H,25,26). The Labute approximate surface area is 169 Å². The van der Waals surface area contributed by atoms with Crippen LogP contribution in [0.15, 0.2) is 55.1 Å². The molecule has 0 amide bonds. The lowest BCUT2D eigenvalue weighted by molar-refractivity contribution is 0.0428. The number of aromatic nitrogens is 4. The van der Waals surface area contributed by atoms with Crippen molar-refractivity contribution in [1.82, 2.24) is 24.4 Å². The number of fused-ring (bicyclic) bond motifs is 1. The van der Waals surface area contributed by atoms with Crippen molar-refractivity contribution in [3.05, 3.63) is 60.9 Å². The van der Waals surface area contributed by atoms with Crippen LogP contribution in [0, 0.1) is 5.82 Å². The van der Waals surface area contributed by atoms with E-state index in [1.54, 1.807) is 12.1 Å². The zero-order chi connectivity index (χ0) is 20.0. The molecule has 148 valence electrons. The molecule has 1 fully saturated rings. The van der Waals surface area contributed by atoms with Crippen LogP contribution in [0.2, 0.25) is 0 Å². The molecule has 0 atom stereocenters. The number of imidazole rings is 1. The van der Waals surface area contributed by atoms with Crippen LogP contribution in [0.25, 0.3) is 33.5 Å². The number of H-pyrrole nitrogens is 1. The van der Waals surface area contributed by atoms with Crippen molar-refractivity contribution in [2.45, 2.75) is 31.3 Å². The zero-order valence-corrected chi connectivity index (χ0v) is 16.7. The monoisotopic (exact) mass is 389 g/mol. The average molecular weight is 389 g/mol. The van der Waals surface area contributed by atoms with E-state index in [0.717, 1.165) is 40.1 Å². The van der Waals surface area contributed by atoms with E-state index in [2.05, 4.69) is 39.6 Å². The third kappa shape index (κ3) is 2.95. The predicted octanol–water partition coefficient (Wildman–Crippen LogP) is 4.72. The minimum atomic E-state index is -0.243. The van der Waals surface area contributed by atoms with Crippen molar-refractivity contribution in [2.75, 3.05) is 14.1 Å². The van der Waals surface area contributed by atoms with Gasteiger partial charge in [0, 0.05) is 41.0 Å². The topological polar surface area (TPSA) is 49.7 Å². The molecule has 1 saturated carbocycles. The Morgan fingerprint density at radius 1 is 1.10 bits per heavy atom. The van der Waals surface area contributed by atoms with Crippen LogP contribution < -0.4 is 0 Å². The second-order valence-electron chi connectivity index (χ2n) is 8.15. The van der Waals surface area contributed by atoms with E-state index in [0.29, 0.717) is 0 Å². The van der Waals surface area contributed by atoms with Gasteiger partial charge in [-0.25, -0.2) is 14.4 Å². The van der Waals surface area contributed by atoms with E-state index in [-0.39, 0.29) is 11.4 Å². The van der Waals surface area contributed by atoms with Crippen LogP contribution >= 0.6 is 0 Å². The number of hydrogen-bond acceptors (Lipinski definition) is 3. The Kier molecular flexibility index (Phi) is 4.24. The highest BCUT2D eigenvalue weighted by molar-refractivity contribution is 5.95. The summed E-state index contributed by atoms with van der Waals surface area (Å²) in [6, 6.07) is 10.7. The number of aromatic amines is 1. The molecule has 3 heterocycles. The average Bonchev–Trinajstić information content (AvgIpc) is 3.31. The van der Waals surface area contributed by atoms with E-state index >= 15 is 0 Å². The van der Waals surface area contributed by atoms with Crippen molar-refractivity contribution < 1.29 is 4.39 Å². The Morgan fingerprint density at radius 2 is 1.90 bits per heavy atom. The SMILES string of the molecule is CN(C)C1(Cn2cnc(-c3ccc(F)cc3)c2-c2ccnc3[nH]ccc23)CCC1. The second-order valence-corrected chi connectivity index (χ2v) is 8.15. The maximum absolute atomic E-state index is 13.5. The van der Waals surface area contributed by atoms with Gasteiger partial charge in [-0.2, -0.15) is 0 Å².